The third-order valence-electron chi connectivity index (χ3n) is 7.13. The molecule has 1 aliphatic rings. The van der Waals surface area contributed by atoms with Gasteiger partial charge in [0.25, 0.3) is 0 Å². The number of halogens is 1. The van der Waals surface area contributed by atoms with Crippen molar-refractivity contribution >= 4 is 33.6 Å². The van der Waals surface area contributed by atoms with Crippen LogP contribution in [0.2, 0.25) is 0 Å². The Bertz CT molecular complexity index is 1550. The molecule has 8 heteroatoms. The number of rotatable bonds is 3. The largest absolute Gasteiger partial charge is 0.481 e. The van der Waals surface area contributed by atoms with Crippen molar-refractivity contribution in [3.63, 3.8) is 0 Å². The molecular weight excluding hydrogens is 421 g/mol. The smallest absolute Gasteiger partial charge is 0.309 e. The minimum Gasteiger partial charge on any atom is -0.481 e. The summed E-state index contributed by atoms with van der Waals surface area (Å²) in [5, 5.41) is 15.9. The van der Waals surface area contributed by atoms with Crippen LogP contribution in [0.25, 0.3) is 38.7 Å². The first kappa shape index (κ1) is 19.8. The fourth-order valence-electron chi connectivity index (χ4n) is 5.04. The second-order valence-electron chi connectivity index (χ2n) is 9.23. The highest BCUT2D eigenvalue weighted by Crippen LogP contribution is 2.44. The number of H-pyrrole nitrogens is 1. The highest BCUT2D eigenvalue weighted by Gasteiger charge is 2.38. The molecular formula is C25H22FN5O2. The van der Waals surface area contributed by atoms with E-state index in [1.807, 2.05) is 25.3 Å². The molecule has 7 nitrogen and oxygen atoms in total. The molecule has 1 aliphatic carbocycles. The lowest BCUT2D eigenvalue weighted by Gasteiger charge is -2.33. The van der Waals surface area contributed by atoms with Gasteiger partial charge in [-0.3, -0.25) is 9.78 Å². The summed E-state index contributed by atoms with van der Waals surface area (Å²) in [7, 11) is 0. The maximum Gasteiger partial charge on any atom is 0.309 e. The van der Waals surface area contributed by atoms with Crippen molar-refractivity contribution in [2.24, 2.45) is 5.41 Å². The van der Waals surface area contributed by atoms with Crippen LogP contribution in [0.5, 0.6) is 0 Å². The Balaban J connectivity index is 1.48. The molecule has 166 valence electrons. The summed E-state index contributed by atoms with van der Waals surface area (Å²) in [6.07, 6.45) is 8.18. The molecule has 0 aliphatic heterocycles. The summed E-state index contributed by atoms with van der Waals surface area (Å²) < 4.78 is 15.6. The van der Waals surface area contributed by atoms with Crippen LogP contribution in [0.1, 0.15) is 44.2 Å². The molecule has 1 aromatic carbocycles. The van der Waals surface area contributed by atoms with Crippen molar-refractivity contribution in [1.29, 1.82) is 0 Å². The highest BCUT2D eigenvalue weighted by atomic mass is 19.1. The number of nitrogens with zero attached hydrogens (tertiary/aromatic N) is 4. The normalized spacial score (nSPS) is 21.2. The first-order valence-electron chi connectivity index (χ1n) is 11.1. The maximum atomic E-state index is 13.8. The lowest BCUT2D eigenvalue weighted by atomic mass is 9.70. The summed E-state index contributed by atoms with van der Waals surface area (Å²) in [5.41, 5.74) is 4.20. The number of pyridine rings is 1. The van der Waals surface area contributed by atoms with Gasteiger partial charge in [-0.2, -0.15) is 9.61 Å². The Morgan fingerprint density at radius 1 is 1.21 bits per heavy atom. The minimum absolute atomic E-state index is 0.173. The predicted octanol–water partition coefficient (Wildman–Crippen LogP) is 5.31. The van der Waals surface area contributed by atoms with Crippen molar-refractivity contribution in [2.45, 2.75) is 38.5 Å². The molecule has 0 saturated heterocycles. The number of benzene rings is 1. The SMILES string of the molecule is C[C@]1(C(=O)O)CC[C@H](c2nc3c(-c4cnc5ccc(F)cc5c4)cnn3c3[nH]ccc32)CC1. The van der Waals surface area contributed by atoms with Crippen LogP contribution in [0.3, 0.4) is 0 Å². The lowest BCUT2D eigenvalue weighted by Crippen LogP contribution is -2.32. The quantitative estimate of drug-likeness (QED) is 0.394. The average Bonchev–Trinajstić information content (AvgIpc) is 3.45. The van der Waals surface area contributed by atoms with Gasteiger partial charge in [-0.25, -0.2) is 9.37 Å². The molecule has 2 N–H and O–H groups in total. The Morgan fingerprint density at radius 2 is 2.03 bits per heavy atom. The Labute approximate surface area is 188 Å². The molecule has 0 atom stereocenters. The number of aromatic amines is 1. The fraction of sp³-hybridized carbons (Fsp3) is 0.280. The van der Waals surface area contributed by atoms with Gasteiger partial charge < -0.3 is 10.1 Å². The van der Waals surface area contributed by atoms with Crippen LogP contribution in [-0.2, 0) is 4.79 Å². The van der Waals surface area contributed by atoms with Gasteiger partial charge in [-0.15, -0.1) is 0 Å². The van der Waals surface area contributed by atoms with E-state index >= 15 is 0 Å². The summed E-state index contributed by atoms with van der Waals surface area (Å²) in [6.45, 7) is 1.83. The first-order chi connectivity index (χ1) is 15.9. The fourth-order valence-corrected chi connectivity index (χ4v) is 5.04. The van der Waals surface area contributed by atoms with Crippen molar-refractivity contribution in [2.75, 3.05) is 0 Å². The maximum absolute atomic E-state index is 13.8. The van der Waals surface area contributed by atoms with E-state index < -0.39 is 11.4 Å². The standard InChI is InChI=1S/C25H22FN5O2/c1-25(24(32)33)7-4-14(5-8-25)21-18-6-9-27-22(18)31-23(30-21)19(13-29-31)16-10-15-11-17(26)2-3-20(15)28-12-16/h2-3,6,9-14,27H,4-5,7-8H2,1H3,(H,32,33)/t14-,25-. The number of carbonyl (C=O) groups is 1. The van der Waals surface area contributed by atoms with Gasteiger partial charge in [0.1, 0.15) is 11.5 Å². The van der Waals surface area contributed by atoms with Crippen LogP contribution in [0, 0.1) is 11.2 Å². The van der Waals surface area contributed by atoms with Crippen LogP contribution < -0.4 is 0 Å². The molecule has 33 heavy (non-hydrogen) atoms. The van der Waals surface area contributed by atoms with E-state index in [0.717, 1.165) is 46.2 Å². The van der Waals surface area contributed by atoms with Crippen molar-refractivity contribution in [3.05, 3.63) is 60.4 Å². The number of aliphatic carboxylic acids is 1. The van der Waals surface area contributed by atoms with Crippen LogP contribution in [-0.4, -0.2) is 35.6 Å². The number of carboxylic acid groups (broad SMARTS) is 1. The topological polar surface area (TPSA) is 96.2 Å². The summed E-state index contributed by atoms with van der Waals surface area (Å²) >= 11 is 0. The molecule has 1 saturated carbocycles. The van der Waals surface area contributed by atoms with E-state index in [0.29, 0.717) is 23.9 Å². The monoisotopic (exact) mass is 443 g/mol. The van der Waals surface area contributed by atoms with Gasteiger partial charge in [0.15, 0.2) is 5.65 Å². The van der Waals surface area contributed by atoms with Gasteiger partial charge >= 0.3 is 5.97 Å². The third-order valence-corrected chi connectivity index (χ3v) is 7.13. The minimum atomic E-state index is -0.727. The number of nitrogens with one attached hydrogen (secondary N) is 1. The average molecular weight is 443 g/mol. The number of hydrogen-bond acceptors (Lipinski definition) is 4. The van der Waals surface area contributed by atoms with E-state index in [4.69, 9.17) is 4.98 Å². The molecule has 6 rings (SSSR count). The van der Waals surface area contributed by atoms with Crippen LogP contribution in [0.15, 0.2) is 48.9 Å². The van der Waals surface area contributed by atoms with E-state index in [2.05, 4.69) is 15.1 Å². The van der Waals surface area contributed by atoms with Gasteiger partial charge in [-0.05, 0) is 62.9 Å². The van der Waals surface area contributed by atoms with Gasteiger partial charge in [-0.1, -0.05) is 0 Å². The van der Waals surface area contributed by atoms with Crippen molar-refractivity contribution in [3.8, 4) is 11.1 Å². The van der Waals surface area contributed by atoms with E-state index in [1.54, 1.807) is 23.0 Å². The summed E-state index contributed by atoms with van der Waals surface area (Å²) in [5.74, 6) is -0.859. The molecule has 0 radical (unpaired) electrons. The molecule has 4 aromatic heterocycles. The zero-order valence-corrected chi connectivity index (χ0v) is 18.0. The van der Waals surface area contributed by atoms with Crippen LogP contribution >= 0.6 is 0 Å². The zero-order chi connectivity index (χ0) is 22.7. The number of fused-ring (bicyclic) bond motifs is 4. The highest BCUT2D eigenvalue weighted by molar-refractivity contribution is 5.89. The molecule has 0 unspecified atom stereocenters. The van der Waals surface area contributed by atoms with E-state index in [9.17, 15) is 14.3 Å². The summed E-state index contributed by atoms with van der Waals surface area (Å²) in [6, 6.07) is 8.45. The van der Waals surface area contributed by atoms with Gasteiger partial charge in [0, 0.05) is 40.2 Å². The first-order valence-corrected chi connectivity index (χ1v) is 11.1. The molecule has 5 aromatic rings. The third kappa shape index (κ3) is 3.08. The molecule has 0 spiro atoms. The Kier molecular flexibility index (Phi) is 4.27. The molecule has 4 heterocycles. The Morgan fingerprint density at radius 3 is 2.82 bits per heavy atom. The Hall–Kier alpha value is -3.81. The zero-order valence-electron chi connectivity index (χ0n) is 18.0. The lowest BCUT2D eigenvalue weighted by molar-refractivity contribution is -0.149. The number of aromatic nitrogens is 5. The second kappa shape index (κ2) is 7.10. The van der Waals surface area contributed by atoms with Crippen molar-refractivity contribution < 1.29 is 14.3 Å². The molecule has 0 amide bonds. The second-order valence-corrected chi connectivity index (χ2v) is 9.23. The van der Waals surface area contributed by atoms with Crippen LogP contribution in [0.4, 0.5) is 4.39 Å². The number of carboxylic acids is 1. The number of hydrogen-bond donors (Lipinski definition) is 2. The molecule has 0 bridgehead atoms. The van der Waals surface area contributed by atoms with Gasteiger partial charge in [0.05, 0.1) is 22.8 Å². The van der Waals surface area contributed by atoms with E-state index in [1.165, 1.54) is 12.1 Å². The summed E-state index contributed by atoms with van der Waals surface area (Å²) in [4.78, 5) is 24.5. The van der Waals surface area contributed by atoms with Crippen molar-refractivity contribution in [1.82, 2.24) is 24.6 Å². The predicted molar refractivity (Wildman–Crippen MR) is 122 cm³/mol. The molecule has 1 fully saturated rings. The van der Waals surface area contributed by atoms with E-state index in [-0.39, 0.29) is 11.7 Å². The van der Waals surface area contributed by atoms with Gasteiger partial charge in [0.2, 0.25) is 0 Å².